The number of ether oxygens (including phenoxy) is 1. The molecule has 0 amide bonds. The lowest BCUT2D eigenvalue weighted by molar-refractivity contribution is 0.407. The third kappa shape index (κ3) is 3.65. The van der Waals surface area contributed by atoms with Crippen LogP contribution < -0.4 is 4.74 Å². The van der Waals surface area contributed by atoms with E-state index in [4.69, 9.17) is 27.3 Å². The highest BCUT2D eigenvalue weighted by Crippen LogP contribution is 2.47. The number of aromatic nitrogens is 2. The molecule has 0 fully saturated rings. The number of pyridine rings is 2. The quantitative estimate of drug-likeness (QED) is 0.330. The molecule has 5 heteroatoms. The summed E-state index contributed by atoms with van der Waals surface area (Å²) in [5.74, 6) is 1.41. The number of hydrogen-bond acceptors (Lipinski definition) is 5. The molecule has 0 saturated carbocycles. The van der Waals surface area contributed by atoms with Crippen molar-refractivity contribution in [3.05, 3.63) is 59.9 Å². The van der Waals surface area contributed by atoms with Crippen molar-refractivity contribution in [2.75, 3.05) is 7.11 Å². The van der Waals surface area contributed by atoms with Gasteiger partial charge in [-0.1, -0.05) is 69.8 Å². The van der Waals surface area contributed by atoms with Crippen molar-refractivity contribution in [2.24, 2.45) is 0 Å². The summed E-state index contributed by atoms with van der Waals surface area (Å²) < 4.78 is 5.95. The summed E-state index contributed by atoms with van der Waals surface area (Å²) in [6.07, 6.45) is 0. The fourth-order valence-electron chi connectivity index (χ4n) is 3.67. The van der Waals surface area contributed by atoms with Crippen molar-refractivity contribution < 1.29 is 4.74 Å². The molecule has 4 rings (SSSR count). The van der Waals surface area contributed by atoms with Crippen molar-refractivity contribution in [3.63, 3.8) is 0 Å². The molecule has 2 aromatic heterocycles. The molecule has 4 aromatic rings. The van der Waals surface area contributed by atoms with Gasteiger partial charge in [0.1, 0.15) is 5.75 Å². The average Bonchev–Trinajstić information content (AvgIpc) is 2.74. The molecule has 0 aliphatic carbocycles. The van der Waals surface area contributed by atoms with Crippen LogP contribution in [0.4, 0.5) is 0 Å². The van der Waals surface area contributed by atoms with Gasteiger partial charge in [0.2, 0.25) is 0 Å². The zero-order valence-corrected chi connectivity index (χ0v) is 19.6. The van der Waals surface area contributed by atoms with Crippen LogP contribution in [0.15, 0.2) is 63.2 Å². The minimum absolute atomic E-state index is 0.257. The number of thiol groups is 1. The predicted molar refractivity (Wildman–Crippen MR) is 130 cm³/mol. The molecule has 0 bridgehead atoms. The third-order valence-electron chi connectivity index (χ3n) is 5.18. The van der Waals surface area contributed by atoms with E-state index >= 15 is 0 Å². The summed E-state index contributed by atoms with van der Waals surface area (Å²) in [4.78, 5) is 13.0. The van der Waals surface area contributed by atoms with E-state index in [0.29, 0.717) is 0 Å². The molecule has 0 N–H and O–H groups in total. The second-order valence-electron chi connectivity index (χ2n) is 7.98. The van der Waals surface area contributed by atoms with E-state index in [-0.39, 0.29) is 11.8 Å². The van der Waals surface area contributed by atoms with Gasteiger partial charge in [0.15, 0.2) is 0 Å². The van der Waals surface area contributed by atoms with Gasteiger partial charge in [-0.15, -0.1) is 12.6 Å². The minimum Gasteiger partial charge on any atom is -0.495 e. The first-order valence-corrected chi connectivity index (χ1v) is 11.4. The molecule has 0 aliphatic rings. The Balaban J connectivity index is 2.03. The summed E-state index contributed by atoms with van der Waals surface area (Å²) in [7, 11) is 1.74. The highest BCUT2D eigenvalue weighted by Gasteiger charge is 2.23. The van der Waals surface area contributed by atoms with E-state index in [9.17, 15) is 0 Å². The summed E-state index contributed by atoms with van der Waals surface area (Å²) in [6.45, 7) is 8.66. The maximum Gasteiger partial charge on any atom is 0.144 e. The maximum atomic E-state index is 5.95. The van der Waals surface area contributed by atoms with Crippen molar-refractivity contribution >= 4 is 46.2 Å². The summed E-state index contributed by atoms with van der Waals surface area (Å²) >= 11 is 6.63. The molecule has 0 spiro atoms. The Hall–Kier alpha value is -2.24. The fraction of sp³-hybridized carbons (Fsp3) is 0.280. The standard InChI is InChI=1S/C25H26N2OS2/c1-14(2)20-23(29)24(17-11-7-9-13-19(17)26-20)30-25-21(15(3)4)27-18-12-8-6-10-16(18)22(25)28-5/h6-15,29H,1-5H3. The Morgan fingerprint density at radius 3 is 1.90 bits per heavy atom. The van der Waals surface area contributed by atoms with Crippen LogP contribution in [0.2, 0.25) is 0 Å². The van der Waals surface area contributed by atoms with Gasteiger partial charge in [-0.05, 0) is 30.0 Å². The first-order chi connectivity index (χ1) is 14.4. The smallest absolute Gasteiger partial charge is 0.144 e. The Bertz CT molecular complexity index is 1230. The molecule has 2 aromatic carbocycles. The number of para-hydroxylation sites is 2. The van der Waals surface area contributed by atoms with Gasteiger partial charge in [-0.2, -0.15) is 0 Å². The van der Waals surface area contributed by atoms with Crippen molar-refractivity contribution in [1.82, 2.24) is 9.97 Å². The second kappa shape index (κ2) is 8.48. The first kappa shape index (κ1) is 21.0. The number of methoxy groups -OCH3 is 1. The molecule has 0 atom stereocenters. The normalized spacial score (nSPS) is 11.7. The van der Waals surface area contributed by atoms with Gasteiger partial charge in [0.05, 0.1) is 34.4 Å². The number of fused-ring (bicyclic) bond motifs is 2. The van der Waals surface area contributed by atoms with Crippen LogP contribution in [0, 0.1) is 0 Å². The highest BCUT2D eigenvalue weighted by atomic mass is 32.2. The summed E-state index contributed by atoms with van der Waals surface area (Å²) in [5.41, 5.74) is 3.99. The molecular formula is C25H26N2OS2. The van der Waals surface area contributed by atoms with Crippen LogP contribution in [0.3, 0.4) is 0 Å². The van der Waals surface area contributed by atoms with E-state index in [1.54, 1.807) is 18.9 Å². The van der Waals surface area contributed by atoms with Gasteiger partial charge in [0, 0.05) is 20.6 Å². The van der Waals surface area contributed by atoms with E-state index in [0.717, 1.165) is 53.6 Å². The number of hydrogen-bond donors (Lipinski definition) is 1. The maximum absolute atomic E-state index is 5.95. The largest absolute Gasteiger partial charge is 0.495 e. The molecule has 30 heavy (non-hydrogen) atoms. The van der Waals surface area contributed by atoms with Crippen molar-refractivity contribution in [3.8, 4) is 5.75 Å². The summed E-state index contributed by atoms with van der Waals surface area (Å²) in [6, 6.07) is 16.4. The van der Waals surface area contributed by atoms with Gasteiger partial charge in [0.25, 0.3) is 0 Å². The minimum atomic E-state index is 0.257. The lowest BCUT2D eigenvalue weighted by atomic mass is 10.1. The zero-order chi connectivity index (χ0) is 21.4. The van der Waals surface area contributed by atoms with E-state index in [2.05, 4.69) is 52.0 Å². The first-order valence-electron chi connectivity index (χ1n) is 10.2. The fourth-order valence-corrected chi connectivity index (χ4v) is 5.60. The van der Waals surface area contributed by atoms with Crippen LogP contribution in [0.5, 0.6) is 5.75 Å². The van der Waals surface area contributed by atoms with Gasteiger partial charge in [-0.3, -0.25) is 9.97 Å². The molecule has 154 valence electrons. The topological polar surface area (TPSA) is 35.0 Å². The molecule has 0 saturated heterocycles. The SMILES string of the molecule is COc1c(Sc2c(S)c(C(C)C)nc3ccccc23)c(C(C)C)nc2ccccc12. The van der Waals surface area contributed by atoms with E-state index in [1.165, 1.54) is 0 Å². The highest BCUT2D eigenvalue weighted by molar-refractivity contribution is 8.00. The lowest BCUT2D eigenvalue weighted by Gasteiger charge is -2.20. The van der Waals surface area contributed by atoms with Crippen molar-refractivity contribution in [1.29, 1.82) is 0 Å². The number of nitrogens with zero attached hydrogens (tertiary/aromatic N) is 2. The van der Waals surface area contributed by atoms with E-state index < -0.39 is 0 Å². The Kier molecular flexibility index (Phi) is 5.94. The van der Waals surface area contributed by atoms with Crippen LogP contribution in [0.25, 0.3) is 21.8 Å². The lowest BCUT2D eigenvalue weighted by Crippen LogP contribution is -2.02. The van der Waals surface area contributed by atoms with Crippen LogP contribution in [-0.2, 0) is 0 Å². The molecule has 3 nitrogen and oxygen atoms in total. The molecular weight excluding hydrogens is 408 g/mol. The van der Waals surface area contributed by atoms with Crippen LogP contribution in [-0.4, -0.2) is 17.1 Å². The Morgan fingerprint density at radius 2 is 1.30 bits per heavy atom. The average molecular weight is 435 g/mol. The van der Waals surface area contributed by atoms with E-state index in [1.807, 2.05) is 24.3 Å². The third-order valence-corrected chi connectivity index (χ3v) is 7.01. The van der Waals surface area contributed by atoms with Crippen LogP contribution in [0.1, 0.15) is 50.9 Å². The monoisotopic (exact) mass is 434 g/mol. The molecule has 0 aliphatic heterocycles. The molecule has 0 radical (unpaired) electrons. The van der Waals surface area contributed by atoms with Crippen LogP contribution >= 0.6 is 24.4 Å². The number of benzene rings is 2. The Morgan fingerprint density at radius 1 is 0.767 bits per heavy atom. The second-order valence-corrected chi connectivity index (χ2v) is 9.45. The summed E-state index contributed by atoms with van der Waals surface area (Å²) in [5, 5.41) is 2.12. The molecule has 0 unspecified atom stereocenters. The van der Waals surface area contributed by atoms with Gasteiger partial charge < -0.3 is 4.74 Å². The number of rotatable bonds is 5. The Labute approximate surface area is 187 Å². The van der Waals surface area contributed by atoms with Gasteiger partial charge in [-0.25, -0.2) is 0 Å². The van der Waals surface area contributed by atoms with Gasteiger partial charge >= 0.3 is 0 Å². The van der Waals surface area contributed by atoms with Crippen molar-refractivity contribution in [2.45, 2.75) is 54.2 Å². The molecule has 2 heterocycles. The zero-order valence-electron chi connectivity index (χ0n) is 17.9. The predicted octanol–water partition coefficient (Wildman–Crippen LogP) is 7.48.